The van der Waals surface area contributed by atoms with Crippen molar-refractivity contribution >= 4 is 92.8 Å². The van der Waals surface area contributed by atoms with E-state index in [1.165, 1.54) is 6.92 Å². The van der Waals surface area contributed by atoms with E-state index >= 15 is 0 Å². The molecule has 2 aliphatic heterocycles. The normalized spacial score (nSPS) is 19.4. The first-order valence-electron chi connectivity index (χ1n) is 17.0. The second-order valence-electron chi connectivity index (χ2n) is 12.8. The fourth-order valence-corrected chi connectivity index (χ4v) is 8.53. The molecule has 4 atom stereocenters. The van der Waals surface area contributed by atoms with Crippen LogP contribution in [0.4, 0.5) is 11.4 Å². The second-order valence-corrected chi connectivity index (χ2v) is 15.3. The summed E-state index contributed by atoms with van der Waals surface area (Å²) >= 11 is 37.2. The monoisotopic (exact) mass is 864 g/mol. The number of carbonyl (C=O) groups excluding carboxylic acids is 2. The number of azide groups is 1. The number of carbonyl (C=O) groups is 2. The van der Waals surface area contributed by atoms with Crippen LogP contribution in [0.15, 0.2) is 90.0 Å². The van der Waals surface area contributed by atoms with Gasteiger partial charge in [0, 0.05) is 78.1 Å². The van der Waals surface area contributed by atoms with Gasteiger partial charge < -0.3 is 25.3 Å². The highest BCUT2D eigenvalue weighted by Crippen LogP contribution is 2.41. The highest BCUT2D eigenvalue weighted by Gasteiger charge is 2.40. The zero-order chi connectivity index (χ0) is 39.1. The van der Waals surface area contributed by atoms with Gasteiger partial charge in [0.1, 0.15) is 0 Å². The van der Waals surface area contributed by atoms with E-state index in [9.17, 15) is 9.59 Å². The van der Waals surface area contributed by atoms with Gasteiger partial charge in [0.2, 0.25) is 11.8 Å². The summed E-state index contributed by atoms with van der Waals surface area (Å²) < 4.78 is 0. The quantitative estimate of drug-likeness (QED) is 0.113. The zero-order valence-electron chi connectivity index (χ0n) is 29.4. The first-order valence-corrected chi connectivity index (χ1v) is 19.3. The minimum atomic E-state index is -0.352. The molecule has 0 aliphatic carbocycles. The highest BCUT2D eigenvalue weighted by molar-refractivity contribution is 6.37. The van der Waals surface area contributed by atoms with Crippen LogP contribution in [0.2, 0.25) is 30.1 Å². The largest absolute Gasteiger partial charge is 0.359 e. The molecule has 10 nitrogen and oxygen atoms in total. The van der Waals surface area contributed by atoms with Crippen LogP contribution in [-0.2, 0) is 9.59 Å². The van der Waals surface area contributed by atoms with Crippen molar-refractivity contribution in [2.24, 2.45) is 10.8 Å². The summed E-state index contributed by atoms with van der Waals surface area (Å²) in [4.78, 5) is 35.2. The topological polar surface area (TPSA) is 122 Å². The lowest BCUT2D eigenvalue weighted by molar-refractivity contribution is -0.133. The number of nitrogens with zero attached hydrogens (tertiary/aromatic N) is 7. The summed E-state index contributed by atoms with van der Waals surface area (Å²) in [5, 5.41) is 7.26. The molecule has 2 amide bonds. The number of piperazine rings is 2. The van der Waals surface area contributed by atoms with Gasteiger partial charge in [-0.25, -0.2) is 0 Å². The fourth-order valence-electron chi connectivity index (χ4n) is 7.25. The van der Waals surface area contributed by atoms with E-state index in [1.54, 1.807) is 42.2 Å². The number of hydrogen-bond acceptors (Lipinski definition) is 6. The SMILES string of the molecule is C.CC(=O)N1CCN(c2ccc(Cl)cc2Cl)[C@@H](c2ccc(Cl)cc2)C1CN.CC(=O)N1CCN(c2ccc(Cl)cc2Cl)[C@@H](c2ccc(Cl)cc2)C1CN=[N+]=[N-]. The molecule has 55 heavy (non-hydrogen) atoms. The van der Waals surface area contributed by atoms with Gasteiger partial charge in [-0.05, 0) is 77.3 Å². The van der Waals surface area contributed by atoms with E-state index in [4.69, 9.17) is 80.9 Å². The van der Waals surface area contributed by atoms with E-state index < -0.39 is 0 Å². The van der Waals surface area contributed by atoms with Crippen molar-refractivity contribution in [1.29, 1.82) is 0 Å². The third-order valence-corrected chi connectivity index (χ3v) is 11.2. The number of amides is 2. The molecule has 16 heteroatoms. The predicted octanol–water partition coefficient (Wildman–Crippen LogP) is 10.8. The molecule has 2 heterocycles. The Kier molecular flexibility index (Phi) is 16.1. The van der Waals surface area contributed by atoms with Gasteiger partial charge in [0.25, 0.3) is 0 Å². The minimum Gasteiger partial charge on any atom is -0.359 e. The molecule has 0 bridgehead atoms. The van der Waals surface area contributed by atoms with Crippen molar-refractivity contribution in [3.05, 3.63) is 137 Å². The summed E-state index contributed by atoms with van der Waals surface area (Å²) in [6.45, 7) is 5.87. The number of nitrogens with two attached hydrogens (primary N) is 1. The minimum absolute atomic E-state index is 0. The van der Waals surface area contributed by atoms with Crippen molar-refractivity contribution in [3.8, 4) is 0 Å². The standard InChI is InChI=1S/C19H18Cl3N5O.C19H20Cl3N3O.CH4/c1-12(28)26-8-9-27(17-7-6-15(21)10-16(17)22)19(18(26)11-24-25-23)13-2-4-14(20)5-3-13;1-12(26)24-8-9-25(17-7-6-15(21)10-16(17)22)19(18(24)11-23)13-2-4-14(20)5-3-13;/h2-7,10,18-19H,8-9,11H2,1H3;2-7,10,18-19H,8-9,11,23H2,1H3;1H4/t2*18?,19-;/m00./s1. The zero-order valence-corrected chi connectivity index (χ0v) is 34.0. The Hall–Kier alpha value is -3.57. The fraction of sp³-hybridized carbons (Fsp3) is 0.333. The second kappa shape index (κ2) is 20.0. The number of rotatable bonds is 7. The van der Waals surface area contributed by atoms with Crippen LogP contribution in [0, 0.1) is 0 Å². The summed E-state index contributed by atoms with van der Waals surface area (Å²) in [5.74, 6) is -0.0553. The van der Waals surface area contributed by atoms with Crippen LogP contribution < -0.4 is 15.5 Å². The van der Waals surface area contributed by atoms with Crippen LogP contribution in [0.5, 0.6) is 0 Å². The van der Waals surface area contributed by atoms with Gasteiger partial charge in [0.05, 0.1) is 45.6 Å². The third-order valence-electron chi connectivity index (χ3n) is 9.61. The Morgan fingerprint density at radius 1 is 0.655 bits per heavy atom. The molecular formula is C39H42Cl6N8O2. The first kappa shape index (κ1) is 44.1. The number of benzene rings is 4. The van der Waals surface area contributed by atoms with E-state index in [0.717, 1.165) is 22.5 Å². The van der Waals surface area contributed by atoms with Crippen molar-refractivity contribution in [1.82, 2.24) is 9.80 Å². The van der Waals surface area contributed by atoms with E-state index in [2.05, 4.69) is 19.8 Å². The number of hydrogen-bond donors (Lipinski definition) is 1. The molecule has 0 radical (unpaired) electrons. The molecule has 2 unspecified atom stereocenters. The van der Waals surface area contributed by atoms with Gasteiger partial charge in [0.15, 0.2) is 0 Å². The van der Waals surface area contributed by atoms with Crippen LogP contribution in [0.25, 0.3) is 10.4 Å². The number of halogens is 6. The lowest BCUT2D eigenvalue weighted by Crippen LogP contribution is -2.59. The van der Waals surface area contributed by atoms with Gasteiger partial charge >= 0.3 is 0 Å². The summed E-state index contributed by atoms with van der Waals surface area (Å²) in [6.07, 6.45) is 0. The first-order chi connectivity index (χ1) is 25.8. The van der Waals surface area contributed by atoms with Crippen LogP contribution >= 0.6 is 69.6 Å². The molecule has 4 aromatic rings. The average Bonchev–Trinajstić information content (AvgIpc) is 3.14. The van der Waals surface area contributed by atoms with Gasteiger partial charge in [-0.2, -0.15) is 0 Å². The van der Waals surface area contributed by atoms with Crippen LogP contribution in [0.1, 0.15) is 44.5 Å². The molecule has 6 rings (SSSR count). The maximum Gasteiger partial charge on any atom is 0.219 e. The Balaban J connectivity index is 0.000000241. The summed E-state index contributed by atoms with van der Waals surface area (Å²) in [7, 11) is 0. The molecule has 0 spiro atoms. The third kappa shape index (κ3) is 10.4. The Bertz CT molecular complexity index is 2000. The van der Waals surface area contributed by atoms with Crippen LogP contribution in [-0.4, -0.2) is 73.0 Å². The van der Waals surface area contributed by atoms with Gasteiger partial charge in [-0.1, -0.05) is 106 Å². The maximum atomic E-state index is 12.3. The molecule has 292 valence electrons. The maximum absolute atomic E-state index is 12.3. The Morgan fingerprint density at radius 3 is 1.40 bits per heavy atom. The molecule has 2 N–H and O–H groups in total. The molecule has 2 fully saturated rings. The van der Waals surface area contributed by atoms with Gasteiger partial charge in [-0.15, -0.1) is 0 Å². The van der Waals surface area contributed by atoms with E-state index in [0.29, 0.717) is 62.9 Å². The Labute approximate surface area is 352 Å². The van der Waals surface area contributed by atoms with E-state index in [-0.39, 0.29) is 50.0 Å². The van der Waals surface area contributed by atoms with E-state index in [1.807, 2.05) is 59.5 Å². The molecular weight excluding hydrogens is 825 g/mol. The molecule has 0 saturated carbocycles. The summed E-state index contributed by atoms with van der Waals surface area (Å²) in [5.41, 5.74) is 18.6. The highest BCUT2D eigenvalue weighted by atomic mass is 35.5. The van der Waals surface area contributed by atoms with Crippen LogP contribution in [0.3, 0.4) is 0 Å². The van der Waals surface area contributed by atoms with Crippen molar-refractivity contribution in [2.75, 3.05) is 49.1 Å². The summed E-state index contributed by atoms with van der Waals surface area (Å²) in [6, 6.07) is 24.9. The molecule has 2 saturated heterocycles. The Morgan fingerprint density at radius 2 is 1.04 bits per heavy atom. The molecule has 0 aromatic heterocycles. The average molecular weight is 868 g/mol. The molecule has 4 aromatic carbocycles. The lowest BCUT2D eigenvalue weighted by Gasteiger charge is -2.48. The van der Waals surface area contributed by atoms with Gasteiger partial charge in [-0.3, -0.25) is 9.59 Å². The smallest absolute Gasteiger partial charge is 0.219 e. The van der Waals surface area contributed by atoms with Crippen molar-refractivity contribution in [3.63, 3.8) is 0 Å². The number of anilines is 2. The molecule has 2 aliphatic rings. The van der Waals surface area contributed by atoms with Crippen molar-refractivity contribution in [2.45, 2.75) is 45.4 Å². The van der Waals surface area contributed by atoms with Crippen molar-refractivity contribution < 1.29 is 9.59 Å². The lowest BCUT2D eigenvalue weighted by atomic mass is 9.93. The predicted molar refractivity (Wildman–Crippen MR) is 228 cm³/mol.